The second-order valence-corrected chi connectivity index (χ2v) is 6.34. The molecular weight excluding hydrogens is 398 g/mol. The molecule has 2 amide bonds. The highest BCUT2D eigenvalue weighted by Gasteiger charge is 2.21. The lowest BCUT2D eigenvalue weighted by molar-refractivity contribution is -0.130. The lowest BCUT2D eigenvalue weighted by Crippen LogP contribution is -2.27. The van der Waals surface area contributed by atoms with Crippen LogP contribution in [0.3, 0.4) is 0 Å². The van der Waals surface area contributed by atoms with E-state index in [0.717, 1.165) is 0 Å². The fraction of sp³-hybridized carbons (Fsp3) is 0.267. The van der Waals surface area contributed by atoms with Crippen LogP contribution in [0.5, 0.6) is 11.5 Å². The summed E-state index contributed by atoms with van der Waals surface area (Å²) in [5, 5.41) is 5.52. The molecule has 0 radical (unpaired) electrons. The van der Waals surface area contributed by atoms with E-state index in [4.69, 9.17) is 21.7 Å². The van der Waals surface area contributed by atoms with Gasteiger partial charge in [0.2, 0.25) is 0 Å². The van der Waals surface area contributed by atoms with Crippen LogP contribution < -0.4 is 20.1 Å². The average Bonchev–Trinajstić information content (AvgIpc) is 2.82. The van der Waals surface area contributed by atoms with Gasteiger partial charge in [-0.05, 0) is 51.9 Å². The van der Waals surface area contributed by atoms with Gasteiger partial charge in [0, 0.05) is 14.1 Å². The van der Waals surface area contributed by atoms with Crippen LogP contribution in [-0.2, 0) is 9.59 Å². The summed E-state index contributed by atoms with van der Waals surface area (Å²) in [5.41, 5.74) is 1.04. The van der Waals surface area contributed by atoms with Gasteiger partial charge in [0.05, 0.1) is 11.6 Å². The number of hydrogen-bond acceptors (Lipinski definition) is 5. The predicted molar refractivity (Wildman–Crippen MR) is 96.7 cm³/mol. The third kappa shape index (κ3) is 4.24. The lowest BCUT2D eigenvalue weighted by atomic mass is 10.1. The van der Waals surface area contributed by atoms with Crippen molar-refractivity contribution in [2.24, 2.45) is 0 Å². The van der Waals surface area contributed by atoms with E-state index in [1.807, 2.05) is 0 Å². The third-order valence-electron chi connectivity index (χ3n) is 3.12. The number of nitrogens with one attached hydrogen (secondary N) is 2. The Kier molecular flexibility index (Phi) is 5.79. The molecule has 0 atom stereocenters. The highest BCUT2D eigenvalue weighted by molar-refractivity contribution is 9.10. The third-order valence-corrected chi connectivity index (χ3v) is 3.91. The zero-order valence-corrected chi connectivity index (χ0v) is 15.7. The number of likely N-dealkylation sites (N-methyl/N-ethyl adjacent to an activating group) is 1. The molecule has 1 aliphatic heterocycles. The first-order valence-corrected chi connectivity index (χ1v) is 8.06. The van der Waals surface area contributed by atoms with Crippen LogP contribution in [0.4, 0.5) is 0 Å². The van der Waals surface area contributed by atoms with Gasteiger partial charge in [-0.2, -0.15) is 0 Å². The Morgan fingerprint density at radius 3 is 2.62 bits per heavy atom. The Hall–Kier alpha value is -2.13. The van der Waals surface area contributed by atoms with Crippen LogP contribution in [0.2, 0.25) is 0 Å². The van der Waals surface area contributed by atoms with Crippen LogP contribution in [0, 0.1) is 0 Å². The van der Waals surface area contributed by atoms with Gasteiger partial charge in [0.1, 0.15) is 5.70 Å². The average molecular weight is 414 g/mol. The molecule has 24 heavy (non-hydrogen) atoms. The molecule has 2 rings (SSSR count). The van der Waals surface area contributed by atoms with Crippen LogP contribution in [-0.4, -0.2) is 49.6 Å². The highest BCUT2D eigenvalue weighted by Crippen LogP contribution is 2.37. The molecule has 128 valence electrons. The number of rotatable bonds is 5. The molecule has 0 spiro atoms. The van der Waals surface area contributed by atoms with Crippen molar-refractivity contribution in [3.8, 4) is 11.5 Å². The van der Waals surface area contributed by atoms with E-state index in [0.29, 0.717) is 27.2 Å². The van der Waals surface area contributed by atoms with Crippen molar-refractivity contribution in [1.29, 1.82) is 0 Å². The van der Waals surface area contributed by atoms with Crippen LogP contribution in [0.1, 0.15) is 5.56 Å². The Balaban J connectivity index is 2.27. The number of thiocarbonyl (C=S) groups is 1. The first-order valence-electron chi connectivity index (χ1n) is 6.86. The maximum atomic E-state index is 11.7. The number of ether oxygens (including phenoxy) is 2. The summed E-state index contributed by atoms with van der Waals surface area (Å²) >= 11 is 8.29. The minimum atomic E-state index is -0.299. The molecule has 1 fully saturated rings. The largest absolute Gasteiger partial charge is 0.493 e. The van der Waals surface area contributed by atoms with Crippen molar-refractivity contribution in [3.63, 3.8) is 0 Å². The summed E-state index contributed by atoms with van der Waals surface area (Å²) in [4.78, 5) is 24.8. The first-order chi connectivity index (χ1) is 11.3. The van der Waals surface area contributed by atoms with Crippen molar-refractivity contribution in [1.82, 2.24) is 15.5 Å². The summed E-state index contributed by atoms with van der Waals surface area (Å²) in [6.45, 7) is -0.110. The number of carbonyl (C=O) groups is 2. The number of hydrogen-bond donors (Lipinski definition) is 2. The molecule has 1 heterocycles. The van der Waals surface area contributed by atoms with Gasteiger partial charge in [-0.25, -0.2) is 0 Å². The minimum Gasteiger partial charge on any atom is -0.493 e. The Labute approximate surface area is 153 Å². The molecule has 0 bridgehead atoms. The number of amides is 2. The number of benzene rings is 1. The van der Waals surface area contributed by atoms with Gasteiger partial charge >= 0.3 is 0 Å². The maximum absolute atomic E-state index is 11.7. The van der Waals surface area contributed by atoms with Crippen molar-refractivity contribution in [2.45, 2.75) is 0 Å². The maximum Gasteiger partial charge on any atom is 0.273 e. The minimum absolute atomic E-state index is 0.110. The lowest BCUT2D eigenvalue weighted by Gasteiger charge is -2.15. The zero-order chi connectivity index (χ0) is 17.9. The summed E-state index contributed by atoms with van der Waals surface area (Å²) in [5.74, 6) is 0.375. The molecule has 0 saturated carbocycles. The van der Waals surface area contributed by atoms with Gasteiger partial charge < -0.3 is 19.7 Å². The molecule has 1 saturated heterocycles. The van der Waals surface area contributed by atoms with E-state index in [1.54, 1.807) is 32.3 Å². The summed E-state index contributed by atoms with van der Waals surface area (Å²) < 4.78 is 11.5. The standard InChI is InChI=1S/C15H16BrN3O4S/c1-19(2)12(20)7-23-13-9(16)4-8(6-11(13)22-3)5-10-14(21)18-15(24)17-10/h4-6H,7H2,1-3H3,(H2,17,18,21,24)/b10-5-. The SMILES string of the molecule is COc1cc(/C=C2\NC(=S)NC2=O)cc(Br)c1OCC(=O)N(C)C. The van der Waals surface area contributed by atoms with Crippen LogP contribution in [0.15, 0.2) is 22.3 Å². The molecule has 0 aliphatic carbocycles. The molecular formula is C15H16BrN3O4S. The molecule has 1 aliphatic rings. The van der Waals surface area contributed by atoms with Crippen molar-refractivity contribution >= 4 is 51.2 Å². The molecule has 0 aromatic heterocycles. The Morgan fingerprint density at radius 1 is 1.38 bits per heavy atom. The summed E-state index contributed by atoms with van der Waals surface area (Å²) in [6.07, 6.45) is 1.64. The van der Waals surface area contributed by atoms with E-state index in [9.17, 15) is 9.59 Å². The van der Waals surface area contributed by atoms with Crippen molar-refractivity contribution < 1.29 is 19.1 Å². The fourth-order valence-corrected chi connectivity index (χ4v) is 2.65. The smallest absolute Gasteiger partial charge is 0.273 e. The Bertz CT molecular complexity index is 734. The predicted octanol–water partition coefficient (Wildman–Crippen LogP) is 1.27. The number of halogens is 1. The van der Waals surface area contributed by atoms with Crippen molar-refractivity contribution in [2.75, 3.05) is 27.8 Å². The second kappa shape index (κ2) is 7.63. The van der Waals surface area contributed by atoms with E-state index in [-0.39, 0.29) is 23.5 Å². The van der Waals surface area contributed by atoms with Gasteiger partial charge in [-0.3, -0.25) is 14.9 Å². The normalized spacial score (nSPS) is 15.1. The topological polar surface area (TPSA) is 79.9 Å². The van der Waals surface area contributed by atoms with Gasteiger partial charge in [0.15, 0.2) is 23.2 Å². The summed E-state index contributed by atoms with van der Waals surface area (Å²) in [7, 11) is 4.80. The van der Waals surface area contributed by atoms with Gasteiger partial charge in [0.25, 0.3) is 11.8 Å². The summed E-state index contributed by atoms with van der Waals surface area (Å²) in [6, 6.07) is 3.45. The van der Waals surface area contributed by atoms with Crippen LogP contribution in [0.25, 0.3) is 6.08 Å². The van der Waals surface area contributed by atoms with E-state index < -0.39 is 0 Å². The molecule has 1 aromatic carbocycles. The second-order valence-electron chi connectivity index (χ2n) is 5.08. The van der Waals surface area contributed by atoms with Gasteiger partial charge in [-0.15, -0.1) is 0 Å². The zero-order valence-electron chi connectivity index (χ0n) is 13.3. The number of methoxy groups -OCH3 is 1. The molecule has 2 N–H and O–H groups in total. The fourth-order valence-electron chi connectivity index (χ4n) is 1.88. The molecule has 7 nitrogen and oxygen atoms in total. The molecule has 1 aromatic rings. The van der Waals surface area contributed by atoms with E-state index in [1.165, 1.54) is 12.0 Å². The first kappa shape index (κ1) is 18.2. The monoisotopic (exact) mass is 413 g/mol. The molecule has 0 unspecified atom stereocenters. The van der Waals surface area contributed by atoms with E-state index >= 15 is 0 Å². The van der Waals surface area contributed by atoms with Crippen LogP contribution >= 0.6 is 28.1 Å². The highest BCUT2D eigenvalue weighted by atomic mass is 79.9. The number of nitrogens with zero attached hydrogens (tertiary/aromatic N) is 1. The Morgan fingerprint density at radius 2 is 2.08 bits per heavy atom. The van der Waals surface area contributed by atoms with Crippen molar-refractivity contribution in [3.05, 3.63) is 27.9 Å². The number of carbonyl (C=O) groups excluding carboxylic acids is 2. The quantitative estimate of drug-likeness (QED) is 0.558. The van der Waals surface area contributed by atoms with E-state index in [2.05, 4.69) is 26.6 Å². The molecule has 9 heteroatoms. The van der Waals surface area contributed by atoms with Gasteiger partial charge in [-0.1, -0.05) is 0 Å².